The molecule has 148 valence electrons. The Morgan fingerprint density at radius 2 is 1.89 bits per heavy atom. The monoisotopic (exact) mass is 395 g/mol. The summed E-state index contributed by atoms with van der Waals surface area (Å²) in [6.07, 6.45) is 3.79. The van der Waals surface area contributed by atoms with Gasteiger partial charge in [-0.25, -0.2) is 4.79 Å². The van der Waals surface area contributed by atoms with Crippen molar-refractivity contribution in [3.8, 4) is 0 Å². The van der Waals surface area contributed by atoms with Crippen LogP contribution in [-0.4, -0.2) is 31.6 Å². The highest BCUT2D eigenvalue weighted by Crippen LogP contribution is 2.41. The maximum Gasteiger partial charge on any atom is 0.396 e. The molecule has 1 saturated carbocycles. The molecule has 1 N–H and O–H groups in total. The van der Waals surface area contributed by atoms with Gasteiger partial charge in [0.15, 0.2) is 0 Å². The minimum atomic E-state index is -0.954. The molecule has 0 bridgehead atoms. The van der Waals surface area contributed by atoms with E-state index in [-0.39, 0.29) is 11.9 Å². The zero-order chi connectivity index (χ0) is 20.0. The number of rotatable bonds is 5. The molecular formula is C20H26ClNO5. The van der Waals surface area contributed by atoms with E-state index in [9.17, 15) is 14.4 Å². The first kappa shape index (κ1) is 21.2. The Morgan fingerprint density at radius 3 is 2.44 bits per heavy atom. The minimum Gasteiger partial charge on any atom is -0.466 e. The molecule has 0 radical (unpaired) electrons. The Kier molecular flexibility index (Phi) is 7.66. The highest BCUT2D eigenvalue weighted by atomic mass is 35.5. The summed E-state index contributed by atoms with van der Waals surface area (Å²) in [5.41, 5.74) is 1.47. The van der Waals surface area contributed by atoms with Gasteiger partial charge in [0.1, 0.15) is 0 Å². The number of hydrogen-bond acceptors (Lipinski definition) is 5. The number of halogens is 1. The third-order valence-corrected chi connectivity index (χ3v) is 5.53. The smallest absolute Gasteiger partial charge is 0.396 e. The van der Waals surface area contributed by atoms with Crippen molar-refractivity contribution in [3.05, 3.63) is 28.8 Å². The first-order valence-corrected chi connectivity index (χ1v) is 9.60. The van der Waals surface area contributed by atoms with Crippen LogP contribution in [-0.2, 0) is 23.9 Å². The van der Waals surface area contributed by atoms with Crippen LogP contribution in [0.3, 0.4) is 0 Å². The number of ether oxygens (including phenoxy) is 2. The van der Waals surface area contributed by atoms with Gasteiger partial charge in [0.25, 0.3) is 0 Å². The van der Waals surface area contributed by atoms with E-state index in [1.54, 1.807) is 12.1 Å². The Bertz CT molecular complexity index is 698. The van der Waals surface area contributed by atoms with Gasteiger partial charge in [-0.05, 0) is 62.1 Å². The molecule has 0 spiro atoms. The molecule has 1 atom stereocenters. The van der Waals surface area contributed by atoms with Crippen LogP contribution in [0.15, 0.2) is 18.2 Å². The van der Waals surface area contributed by atoms with Crippen molar-refractivity contribution in [2.75, 3.05) is 19.0 Å². The Balaban J connectivity index is 1.97. The average molecular weight is 396 g/mol. The predicted molar refractivity (Wildman–Crippen MR) is 103 cm³/mol. The summed E-state index contributed by atoms with van der Waals surface area (Å²) in [6, 6.07) is 5.26. The third kappa shape index (κ3) is 5.45. The molecule has 7 heteroatoms. The molecule has 0 saturated heterocycles. The molecule has 27 heavy (non-hydrogen) atoms. The highest BCUT2D eigenvalue weighted by Gasteiger charge is 2.31. The van der Waals surface area contributed by atoms with Gasteiger partial charge in [-0.15, -0.1) is 0 Å². The number of hydrogen-bond donors (Lipinski definition) is 1. The number of benzene rings is 1. The predicted octanol–water partition coefficient (Wildman–Crippen LogP) is 3.92. The van der Waals surface area contributed by atoms with Crippen LogP contribution in [0.4, 0.5) is 5.69 Å². The second-order valence-electron chi connectivity index (χ2n) is 6.83. The summed E-state index contributed by atoms with van der Waals surface area (Å²) in [4.78, 5) is 34.7. The highest BCUT2D eigenvalue weighted by molar-refractivity contribution is 6.37. The molecule has 1 aromatic carbocycles. The number of nitrogens with one attached hydrogen (secondary N) is 1. The van der Waals surface area contributed by atoms with E-state index in [1.807, 2.05) is 19.9 Å². The summed E-state index contributed by atoms with van der Waals surface area (Å²) < 4.78 is 9.51. The lowest BCUT2D eigenvalue weighted by atomic mass is 9.74. The van der Waals surface area contributed by atoms with E-state index in [0.29, 0.717) is 29.2 Å². The summed E-state index contributed by atoms with van der Waals surface area (Å²) in [6.45, 7) is 4.17. The number of carbonyl (C=O) groups is 3. The van der Waals surface area contributed by atoms with Gasteiger partial charge >= 0.3 is 17.8 Å². The van der Waals surface area contributed by atoms with Crippen LogP contribution in [0.1, 0.15) is 51.0 Å². The summed E-state index contributed by atoms with van der Waals surface area (Å²) in [5, 5.41) is 3.02. The van der Waals surface area contributed by atoms with E-state index < -0.39 is 11.9 Å². The molecule has 1 aromatic rings. The van der Waals surface area contributed by atoms with Crippen molar-refractivity contribution < 1.29 is 23.9 Å². The molecule has 1 unspecified atom stereocenters. The van der Waals surface area contributed by atoms with E-state index in [1.165, 1.54) is 0 Å². The molecule has 0 heterocycles. The number of anilines is 1. The van der Waals surface area contributed by atoms with E-state index >= 15 is 0 Å². The van der Waals surface area contributed by atoms with Crippen molar-refractivity contribution in [1.29, 1.82) is 0 Å². The fourth-order valence-corrected chi connectivity index (χ4v) is 3.94. The van der Waals surface area contributed by atoms with Crippen LogP contribution in [0, 0.1) is 11.8 Å². The maximum absolute atomic E-state index is 11.9. The number of amides is 1. The van der Waals surface area contributed by atoms with Gasteiger partial charge in [0.05, 0.1) is 19.6 Å². The molecule has 1 aliphatic carbocycles. The first-order chi connectivity index (χ1) is 12.9. The van der Waals surface area contributed by atoms with Crippen molar-refractivity contribution >= 4 is 35.1 Å². The standard InChI is InChI=1S/C20H26ClNO5/c1-4-27-19(24)12(2)13-5-7-14(8-6-13)16-10-9-15(11-17(16)21)22-18(23)20(25)26-3/h9-14H,4-8H2,1-3H3,(H,22,23). The lowest BCUT2D eigenvalue weighted by molar-refractivity contribution is -0.150. The maximum atomic E-state index is 11.9. The molecule has 1 amide bonds. The molecule has 0 aromatic heterocycles. The lowest BCUT2D eigenvalue weighted by Crippen LogP contribution is -2.26. The van der Waals surface area contributed by atoms with Crippen LogP contribution in [0.5, 0.6) is 0 Å². The van der Waals surface area contributed by atoms with E-state index in [4.69, 9.17) is 16.3 Å². The zero-order valence-electron chi connectivity index (χ0n) is 15.9. The van der Waals surface area contributed by atoms with Crippen molar-refractivity contribution in [2.45, 2.75) is 45.4 Å². The first-order valence-electron chi connectivity index (χ1n) is 9.22. The fraction of sp³-hybridized carbons (Fsp3) is 0.550. The quantitative estimate of drug-likeness (QED) is 0.603. The largest absolute Gasteiger partial charge is 0.466 e. The second kappa shape index (κ2) is 9.74. The average Bonchev–Trinajstić information content (AvgIpc) is 2.67. The van der Waals surface area contributed by atoms with E-state index in [2.05, 4.69) is 10.1 Å². The SMILES string of the molecule is CCOC(=O)C(C)C1CCC(c2ccc(NC(=O)C(=O)OC)cc2Cl)CC1. The summed E-state index contributed by atoms with van der Waals surface area (Å²) in [5.74, 6) is -1.35. The van der Waals surface area contributed by atoms with Crippen LogP contribution < -0.4 is 5.32 Å². The topological polar surface area (TPSA) is 81.7 Å². The van der Waals surface area contributed by atoms with Gasteiger partial charge < -0.3 is 14.8 Å². The Labute approximate surface area is 164 Å². The third-order valence-electron chi connectivity index (χ3n) is 5.21. The van der Waals surface area contributed by atoms with Crippen LogP contribution >= 0.6 is 11.6 Å². The fourth-order valence-electron chi connectivity index (χ4n) is 3.61. The minimum absolute atomic E-state index is 0.0859. The number of esters is 2. The molecule has 0 aliphatic heterocycles. The van der Waals surface area contributed by atoms with E-state index in [0.717, 1.165) is 38.4 Å². The molecule has 2 rings (SSSR count). The summed E-state index contributed by atoms with van der Waals surface area (Å²) >= 11 is 6.41. The van der Waals surface area contributed by atoms with Crippen LogP contribution in [0.2, 0.25) is 5.02 Å². The zero-order valence-corrected chi connectivity index (χ0v) is 16.7. The van der Waals surface area contributed by atoms with Crippen molar-refractivity contribution in [2.24, 2.45) is 11.8 Å². The van der Waals surface area contributed by atoms with Gasteiger partial charge in [-0.1, -0.05) is 24.6 Å². The second-order valence-corrected chi connectivity index (χ2v) is 7.24. The van der Waals surface area contributed by atoms with Gasteiger partial charge in [0, 0.05) is 10.7 Å². The van der Waals surface area contributed by atoms with Crippen LogP contribution in [0.25, 0.3) is 0 Å². The van der Waals surface area contributed by atoms with Gasteiger partial charge in [-0.2, -0.15) is 0 Å². The molecule has 1 fully saturated rings. The number of methoxy groups -OCH3 is 1. The summed E-state index contributed by atoms with van der Waals surface area (Å²) in [7, 11) is 1.15. The molecule has 6 nitrogen and oxygen atoms in total. The van der Waals surface area contributed by atoms with Gasteiger partial charge in [-0.3, -0.25) is 9.59 Å². The number of carbonyl (C=O) groups excluding carboxylic acids is 3. The molecule has 1 aliphatic rings. The normalized spacial score (nSPS) is 20.4. The molecular weight excluding hydrogens is 370 g/mol. The Morgan fingerprint density at radius 1 is 1.22 bits per heavy atom. The van der Waals surface area contributed by atoms with Gasteiger partial charge in [0.2, 0.25) is 0 Å². The Hall–Kier alpha value is -2.08. The lowest BCUT2D eigenvalue weighted by Gasteiger charge is -2.32. The van der Waals surface area contributed by atoms with Crippen molar-refractivity contribution in [1.82, 2.24) is 0 Å². The van der Waals surface area contributed by atoms with Crippen molar-refractivity contribution in [3.63, 3.8) is 0 Å².